The van der Waals surface area contributed by atoms with E-state index in [2.05, 4.69) is 63.1 Å². The van der Waals surface area contributed by atoms with Crippen molar-refractivity contribution in [2.75, 3.05) is 13.1 Å². The molecule has 0 spiro atoms. The van der Waals surface area contributed by atoms with Gasteiger partial charge in [-0.25, -0.2) is 4.79 Å². The highest BCUT2D eigenvalue weighted by Crippen LogP contribution is 2.23. The lowest BCUT2D eigenvalue weighted by Gasteiger charge is -2.29. The first-order valence-corrected chi connectivity index (χ1v) is 34.6. The van der Waals surface area contributed by atoms with Gasteiger partial charge < -0.3 is 100 Å². The SMILES string of the molecule is CC(C)[C@H](NC(=O)[C@H](Cc1c[nH]c2ccccc12)NC(=O)[C@H](Cc1ccc(O)cc1)NC(=O)[C@@H]1CCCN1)C(=O)N[C@@H](Cc1c[nH]c2ccccc12)C(=O)N[C@@H](CCC(N)=O)C(=O)N[C@@H](Cc1ccc(O)cc1)C(=O)N[C@@H](CCCCN)C(=O)N[C@@H](Cc1ccc(O)cc1)C(=O)N[C@@H](CC(=O)O)C(=O)O. The second kappa shape index (κ2) is 37.9. The molecule has 0 aliphatic carbocycles. The van der Waals surface area contributed by atoms with Crippen molar-refractivity contribution < 1.29 is 83.1 Å². The fourth-order valence-corrected chi connectivity index (χ4v) is 12.2. The summed E-state index contributed by atoms with van der Waals surface area (Å²) in [6, 6.07) is 16.7. The number of phenols is 3. The number of hydrogen-bond acceptors (Lipinski definition) is 17. The maximum Gasteiger partial charge on any atom is 0.326 e. The summed E-state index contributed by atoms with van der Waals surface area (Å²) in [7, 11) is 0. The third kappa shape index (κ3) is 23.3. The molecule has 1 saturated heterocycles. The molecule has 0 unspecified atom stereocenters. The number of fused-ring (bicyclic) bond motifs is 2. The van der Waals surface area contributed by atoms with Crippen LogP contribution < -0.4 is 64.6 Å². The first kappa shape index (κ1) is 78.9. The van der Waals surface area contributed by atoms with Crippen LogP contribution in [0, 0.1) is 5.92 Å². The van der Waals surface area contributed by atoms with Gasteiger partial charge in [0.2, 0.25) is 59.1 Å². The van der Waals surface area contributed by atoms with Crippen LogP contribution in [0.4, 0.5) is 0 Å². The number of H-pyrrole nitrogens is 2. The molecule has 10 atom stereocenters. The number of rotatable bonds is 39. The minimum absolute atomic E-state index is 0.0245. The van der Waals surface area contributed by atoms with E-state index in [1.54, 1.807) is 68.7 Å². The van der Waals surface area contributed by atoms with Crippen LogP contribution in [-0.4, -0.2) is 180 Å². The van der Waals surface area contributed by atoms with E-state index in [1.165, 1.54) is 60.7 Å². The average molecular weight is 1450 g/mol. The van der Waals surface area contributed by atoms with Gasteiger partial charge in [0.05, 0.1) is 12.5 Å². The van der Waals surface area contributed by atoms with Crippen molar-refractivity contribution in [2.24, 2.45) is 17.4 Å². The predicted molar refractivity (Wildman–Crippen MR) is 384 cm³/mol. The smallest absolute Gasteiger partial charge is 0.326 e. The molecule has 0 radical (unpaired) electrons. The number of aliphatic carboxylic acids is 2. The minimum atomic E-state index is -1.94. The number of nitrogens with one attached hydrogen (secondary N) is 12. The zero-order valence-corrected chi connectivity index (χ0v) is 57.9. The van der Waals surface area contributed by atoms with Crippen molar-refractivity contribution in [1.29, 1.82) is 0 Å². The number of carbonyl (C=O) groups is 12. The van der Waals surface area contributed by atoms with Gasteiger partial charge in [0.1, 0.15) is 71.6 Å². The number of aromatic nitrogens is 2. The Bertz CT molecular complexity index is 4210. The molecule has 558 valence electrons. The summed E-state index contributed by atoms with van der Waals surface area (Å²) < 4.78 is 0. The van der Waals surface area contributed by atoms with E-state index in [4.69, 9.17) is 11.5 Å². The maximum absolute atomic E-state index is 15.2. The summed E-state index contributed by atoms with van der Waals surface area (Å²) in [5, 5.41) is 77.9. The highest BCUT2D eigenvalue weighted by atomic mass is 16.4. The molecule has 1 aliphatic rings. The number of hydrogen-bond donors (Lipinski definition) is 19. The Morgan fingerprint density at radius 1 is 0.457 bits per heavy atom. The van der Waals surface area contributed by atoms with E-state index < -0.39 is 157 Å². The largest absolute Gasteiger partial charge is 0.508 e. The first-order chi connectivity index (χ1) is 50.2. The van der Waals surface area contributed by atoms with Crippen molar-refractivity contribution in [3.63, 3.8) is 0 Å². The average Bonchev–Trinajstić information content (AvgIpc) is 1.72. The molecule has 31 nitrogen and oxygen atoms in total. The van der Waals surface area contributed by atoms with Crippen LogP contribution in [0.2, 0.25) is 0 Å². The van der Waals surface area contributed by atoms with Gasteiger partial charge in [0.15, 0.2) is 0 Å². The standard InChI is InChI=1S/C74H90N14O17/c1-40(2)64(88-72(102)60(36-45-39-79-52-13-6-4-11-50(45)52)85-69(99)57(33-42-18-24-47(90)25-19-42)82-65(95)53-15-9-31-77-53)73(103)86-59(35-44-38-78-51-12-5-3-10-49(44)51)71(101)81-55(28-29-62(76)92)67(97)84-56(32-41-16-22-46(89)23-17-41)68(98)80-54(14-7-8-30-75)66(96)83-58(34-43-20-26-48(91)27-21-43)70(100)87-61(74(104)105)37-63(93)94/h3-6,10-13,16-27,38-40,53-61,64,77-79,89-91H,7-9,14-15,28-37,75H2,1-2H3,(H2,76,92)(H,80,98)(H,81,101)(H,82,95)(H,83,96)(H,84,97)(H,85,99)(H,86,103)(H,87,100)(H,88,102)(H,93,94)(H,104,105)/t53-,54-,55-,56-,57-,58-,59-,60-,61-,64-/m0/s1. The second-order valence-electron chi connectivity index (χ2n) is 26.3. The van der Waals surface area contributed by atoms with E-state index in [9.17, 15) is 63.9 Å². The summed E-state index contributed by atoms with van der Waals surface area (Å²) in [5.41, 5.74) is 15.3. The van der Waals surface area contributed by atoms with Crippen LogP contribution in [0.3, 0.4) is 0 Å². The number of unbranched alkanes of at least 4 members (excludes halogenated alkanes) is 1. The van der Waals surface area contributed by atoms with E-state index in [0.29, 0.717) is 58.1 Å². The lowest BCUT2D eigenvalue weighted by atomic mass is 9.98. The number of primary amides is 1. The van der Waals surface area contributed by atoms with Gasteiger partial charge in [-0.1, -0.05) is 86.6 Å². The number of aromatic amines is 2. The number of amides is 10. The Balaban J connectivity index is 1.07. The molecule has 2 aromatic heterocycles. The van der Waals surface area contributed by atoms with Crippen molar-refractivity contribution >= 4 is 92.8 Å². The highest BCUT2D eigenvalue weighted by molar-refractivity contribution is 6.00. The maximum atomic E-state index is 15.2. The Morgan fingerprint density at radius 2 is 0.838 bits per heavy atom. The number of aromatic hydroxyl groups is 3. The zero-order chi connectivity index (χ0) is 75.9. The van der Waals surface area contributed by atoms with Crippen molar-refractivity contribution in [1.82, 2.24) is 63.1 Å². The molecule has 1 fully saturated rings. The molecule has 10 amide bonds. The van der Waals surface area contributed by atoms with E-state index in [-0.39, 0.29) is 68.7 Å². The number of carboxylic acids is 2. The van der Waals surface area contributed by atoms with Crippen LogP contribution in [0.15, 0.2) is 134 Å². The van der Waals surface area contributed by atoms with E-state index >= 15 is 19.2 Å². The first-order valence-electron chi connectivity index (χ1n) is 34.6. The molecule has 1 aliphatic heterocycles. The van der Waals surface area contributed by atoms with E-state index in [1.807, 2.05) is 18.2 Å². The van der Waals surface area contributed by atoms with Gasteiger partial charge in [-0.15, -0.1) is 0 Å². The van der Waals surface area contributed by atoms with Gasteiger partial charge >= 0.3 is 11.9 Å². The molecule has 31 heteroatoms. The van der Waals surface area contributed by atoms with Crippen molar-refractivity contribution in [3.8, 4) is 17.2 Å². The normalized spacial score (nSPS) is 15.3. The number of carboxylic acid groups (broad SMARTS) is 2. The monoisotopic (exact) mass is 1450 g/mol. The number of para-hydroxylation sites is 2. The molecule has 7 aromatic rings. The highest BCUT2D eigenvalue weighted by Gasteiger charge is 2.38. The molecule has 0 bridgehead atoms. The lowest BCUT2D eigenvalue weighted by Crippen LogP contribution is -2.62. The fourth-order valence-electron chi connectivity index (χ4n) is 12.2. The third-order valence-electron chi connectivity index (χ3n) is 18.0. The molecule has 105 heavy (non-hydrogen) atoms. The molecule has 0 saturated carbocycles. The van der Waals surface area contributed by atoms with Crippen LogP contribution in [-0.2, 0) is 89.6 Å². The summed E-state index contributed by atoms with van der Waals surface area (Å²) in [4.78, 5) is 175. The summed E-state index contributed by atoms with van der Waals surface area (Å²) in [6.45, 7) is 4.01. The number of phenolic OH excluding ortho intramolecular Hbond substituents is 3. The second-order valence-corrected chi connectivity index (χ2v) is 26.3. The number of nitrogens with two attached hydrogens (primary N) is 2. The summed E-state index contributed by atoms with van der Waals surface area (Å²) >= 11 is 0. The van der Waals surface area contributed by atoms with Crippen LogP contribution in [0.25, 0.3) is 21.8 Å². The van der Waals surface area contributed by atoms with Crippen LogP contribution >= 0.6 is 0 Å². The van der Waals surface area contributed by atoms with Gasteiger partial charge in [-0.2, -0.15) is 0 Å². The molecule has 3 heterocycles. The third-order valence-corrected chi connectivity index (χ3v) is 18.0. The van der Waals surface area contributed by atoms with Crippen LogP contribution in [0.1, 0.15) is 93.0 Å². The number of carbonyl (C=O) groups excluding carboxylic acids is 10. The summed E-state index contributed by atoms with van der Waals surface area (Å²) in [5.74, 6) is -13.3. The molecular weight excluding hydrogens is 1360 g/mol. The summed E-state index contributed by atoms with van der Waals surface area (Å²) in [6.07, 6.45) is 1.83. The van der Waals surface area contributed by atoms with Gasteiger partial charge in [-0.05, 0) is 134 Å². The molecule has 8 rings (SSSR count). The van der Waals surface area contributed by atoms with Gasteiger partial charge in [0, 0.05) is 72.7 Å². The lowest BCUT2D eigenvalue weighted by molar-refractivity contribution is -0.147. The quantitative estimate of drug-likeness (QED) is 0.0239. The molecule has 21 N–H and O–H groups in total. The molecular formula is C74H90N14O17. The predicted octanol–water partition coefficient (Wildman–Crippen LogP) is 1.00. The zero-order valence-electron chi connectivity index (χ0n) is 57.9. The number of benzene rings is 5. The fraction of sp³-hybridized carbons (Fsp3) is 0.378. The topological polar surface area (TPSA) is 510 Å². The van der Waals surface area contributed by atoms with Crippen LogP contribution in [0.5, 0.6) is 17.2 Å². The Kier molecular flexibility index (Phi) is 28.4. The molecule has 5 aromatic carbocycles. The Labute approximate surface area is 603 Å². The Morgan fingerprint density at radius 3 is 1.24 bits per heavy atom. The van der Waals surface area contributed by atoms with Gasteiger partial charge in [-0.3, -0.25) is 52.7 Å². The minimum Gasteiger partial charge on any atom is -0.508 e. The van der Waals surface area contributed by atoms with E-state index in [0.717, 1.165) is 17.3 Å². The van der Waals surface area contributed by atoms with Gasteiger partial charge in [0.25, 0.3) is 0 Å². The van der Waals surface area contributed by atoms with Crippen molar-refractivity contribution in [3.05, 3.63) is 162 Å². The Hall–Kier alpha value is -11.9. The van der Waals surface area contributed by atoms with Crippen molar-refractivity contribution in [2.45, 2.75) is 158 Å².